The highest BCUT2D eigenvalue weighted by atomic mass is 31.3. The molecule has 1 aromatic heterocycles. The molecular weight excluding hydrogens is 478 g/mol. The smallest absolute Gasteiger partial charge is 0.383 e. The van der Waals surface area contributed by atoms with E-state index in [1.54, 1.807) is 0 Å². The van der Waals surface area contributed by atoms with Crippen LogP contribution in [0.2, 0.25) is 0 Å². The molecule has 5 atom stereocenters. The first-order chi connectivity index (χ1) is 13.5. The van der Waals surface area contributed by atoms with Gasteiger partial charge in [-0.15, -0.1) is 0 Å². The van der Waals surface area contributed by atoms with Crippen LogP contribution in [0.3, 0.4) is 0 Å². The third-order valence-corrected chi connectivity index (χ3v) is 7.29. The fourth-order valence-electron chi connectivity index (χ4n) is 2.09. The molecule has 0 radical (unpaired) electrons. The van der Waals surface area contributed by atoms with E-state index in [1.165, 1.54) is 6.07 Å². The Morgan fingerprint density at radius 3 is 2.27 bits per heavy atom. The van der Waals surface area contributed by atoms with Crippen LogP contribution in [0.4, 0.5) is 10.2 Å². The van der Waals surface area contributed by atoms with Crippen LogP contribution in [0.5, 0.6) is 0 Å². The SMILES string of the molecule is CC(F)[C@H](CC[C@@H](O)n1ccc(N)nc1=O)COP(=O)(O)OP(=O)(O)OP(=O)(O)O. The maximum absolute atomic E-state index is 13.8. The van der Waals surface area contributed by atoms with E-state index in [0.717, 1.165) is 17.7 Å². The van der Waals surface area contributed by atoms with Crippen LogP contribution in [-0.2, 0) is 26.8 Å². The van der Waals surface area contributed by atoms with Crippen molar-refractivity contribution in [2.45, 2.75) is 32.2 Å². The molecule has 0 bridgehead atoms. The number of aliphatic hydroxyl groups is 1. The number of halogens is 1. The molecule has 30 heavy (non-hydrogen) atoms. The Morgan fingerprint density at radius 1 is 1.17 bits per heavy atom. The molecule has 0 aromatic carbocycles. The number of hydrogen-bond donors (Lipinski definition) is 6. The number of phosphoric acid groups is 3. The second kappa shape index (κ2) is 10.5. The average Bonchev–Trinajstić information content (AvgIpc) is 2.50. The summed E-state index contributed by atoms with van der Waals surface area (Å²) in [5.74, 6) is -1.23. The molecule has 1 aromatic rings. The number of nitrogens with two attached hydrogens (primary N) is 1. The molecule has 1 heterocycles. The Morgan fingerprint density at radius 2 is 1.77 bits per heavy atom. The number of aromatic nitrogens is 2. The van der Waals surface area contributed by atoms with E-state index >= 15 is 0 Å². The lowest BCUT2D eigenvalue weighted by Crippen LogP contribution is -2.28. The summed E-state index contributed by atoms with van der Waals surface area (Å²) in [6, 6.07) is 1.25. The van der Waals surface area contributed by atoms with Gasteiger partial charge in [0.05, 0.1) is 6.61 Å². The molecule has 15 nitrogen and oxygen atoms in total. The van der Waals surface area contributed by atoms with Gasteiger partial charge in [-0.1, -0.05) is 0 Å². The van der Waals surface area contributed by atoms with Gasteiger partial charge in [0.2, 0.25) is 0 Å². The van der Waals surface area contributed by atoms with Gasteiger partial charge in [0.15, 0.2) is 0 Å². The molecule has 0 aliphatic carbocycles. The highest BCUT2D eigenvalue weighted by Gasteiger charge is 2.41. The van der Waals surface area contributed by atoms with E-state index in [1.807, 2.05) is 0 Å². The molecule has 0 fully saturated rings. The van der Waals surface area contributed by atoms with Gasteiger partial charge < -0.3 is 30.4 Å². The van der Waals surface area contributed by atoms with Crippen LogP contribution in [0.1, 0.15) is 26.0 Å². The Bertz CT molecular complexity index is 920. The van der Waals surface area contributed by atoms with E-state index in [4.69, 9.17) is 20.4 Å². The Balaban J connectivity index is 2.71. The molecule has 7 N–H and O–H groups in total. The lowest BCUT2D eigenvalue weighted by Gasteiger charge is -2.22. The van der Waals surface area contributed by atoms with Gasteiger partial charge in [-0.25, -0.2) is 22.9 Å². The molecule has 0 spiro atoms. The quantitative estimate of drug-likeness (QED) is 0.214. The Kier molecular flexibility index (Phi) is 9.48. The normalized spacial score (nSPS) is 19.4. The predicted octanol–water partition coefficient (Wildman–Crippen LogP) is 0.414. The van der Waals surface area contributed by atoms with Crippen molar-refractivity contribution >= 4 is 29.3 Å². The van der Waals surface area contributed by atoms with Gasteiger partial charge in [-0.3, -0.25) is 9.09 Å². The summed E-state index contributed by atoms with van der Waals surface area (Å²) in [6.07, 6.45) is -2.34. The van der Waals surface area contributed by atoms with Crippen molar-refractivity contribution in [2.24, 2.45) is 5.92 Å². The average molecular weight is 499 g/mol. The fraction of sp³-hybridized carbons (Fsp3) is 0.636. The number of alkyl halides is 1. The van der Waals surface area contributed by atoms with Gasteiger partial charge in [0.1, 0.15) is 18.2 Å². The zero-order valence-electron chi connectivity index (χ0n) is 15.3. The van der Waals surface area contributed by atoms with E-state index in [9.17, 15) is 32.9 Å². The molecule has 3 unspecified atom stereocenters. The number of rotatable bonds is 12. The first kappa shape index (κ1) is 27.0. The molecule has 0 aliphatic rings. The highest BCUT2D eigenvalue weighted by molar-refractivity contribution is 7.66. The summed E-state index contributed by atoms with van der Waals surface area (Å²) in [5.41, 5.74) is 4.46. The van der Waals surface area contributed by atoms with Crippen molar-refractivity contribution in [3.8, 4) is 0 Å². The molecule has 0 saturated heterocycles. The maximum Gasteiger partial charge on any atom is 0.490 e. The standard InChI is InChI=1S/C11H21FN3O12P3/c1-7(12)8(2-3-10(16)15-5-4-9(13)14-11(15)17)6-25-29(21,22)27-30(23,24)26-28(18,19)20/h4-5,7-8,10,16H,2-3,6H2,1H3,(H,21,22)(H,23,24)(H2,13,14,17)(H2,18,19,20)/t7?,8-,10-/m1/s1. The number of phosphoric ester groups is 1. The van der Waals surface area contributed by atoms with Gasteiger partial charge in [-0.2, -0.15) is 13.6 Å². The highest BCUT2D eigenvalue weighted by Crippen LogP contribution is 2.66. The van der Waals surface area contributed by atoms with Gasteiger partial charge >= 0.3 is 29.2 Å². The number of hydrogen-bond acceptors (Lipinski definition) is 10. The van der Waals surface area contributed by atoms with E-state index in [2.05, 4.69) is 18.1 Å². The molecule has 19 heteroatoms. The second-order valence-electron chi connectivity index (χ2n) is 5.92. The number of aliphatic hydroxyl groups excluding tert-OH is 1. The lowest BCUT2D eigenvalue weighted by molar-refractivity contribution is 0.0633. The van der Waals surface area contributed by atoms with Crippen molar-refractivity contribution in [3.63, 3.8) is 0 Å². The summed E-state index contributed by atoms with van der Waals surface area (Å²) >= 11 is 0. The fourth-order valence-corrected chi connectivity index (χ4v) is 5.17. The lowest BCUT2D eigenvalue weighted by atomic mass is 9.99. The largest absolute Gasteiger partial charge is 0.490 e. The van der Waals surface area contributed by atoms with Crippen molar-refractivity contribution in [1.82, 2.24) is 9.55 Å². The van der Waals surface area contributed by atoms with Crippen LogP contribution < -0.4 is 11.4 Å². The maximum atomic E-state index is 13.8. The summed E-state index contributed by atoms with van der Waals surface area (Å²) in [5, 5.41) is 10.0. The molecule has 1 rings (SSSR count). The zero-order valence-corrected chi connectivity index (χ0v) is 18.0. The van der Waals surface area contributed by atoms with E-state index < -0.39 is 54.1 Å². The summed E-state index contributed by atoms with van der Waals surface area (Å²) < 4.78 is 59.6. The Labute approximate surface area is 168 Å². The minimum atomic E-state index is -5.69. The molecule has 0 aliphatic heterocycles. The predicted molar refractivity (Wildman–Crippen MR) is 97.3 cm³/mol. The van der Waals surface area contributed by atoms with E-state index in [-0.39, 0.29) is 18.7 Å². The first-order valence-corrected chi connectivity index (χ1v) is 12.5. The zero-order chi connectivity index (χ0) is 23.3. The molecule has 0 saturated carbocycles. The third-order valence-electron chi connectivity index (χ3n) is 3.49. The van der Waals surface area contributed by atoms with E-state index in [0.29, 0.717) is 0 Å². The Hall–Kier alpha value is -1.02. The number of nitrogens with zero attached hydrogens (tertiary/aromatic N) is 2. The van der Waals surface area contributed by atoms with Crippen LogP contribution in [0.15, 0.2) is 17.1 Å². The monoisotopic (exact) mass is 499 g/mol. The van der Waals surface area contributed by atoms with Crippen LogP contribution in [0, 0.1) is 5.92 Å². The summed E-state index contributed by atoms with van der Waals surface area (Å²) in [7, 11) is -16.6. The summed E-state index contributed by atoms with van der Waals surface area (Å²) in [6.45, 7) is 0.206. The van der Waals surface area contributed by atoms with Gasteiger partial charge in [-0.05, 0) is 25.8 Å². The van der Waals surface area contributed by atoms with Crippen LogP contribution in [0.25, 0.3) is 0 Å². The first-order valence-electron chi connectivity index (χ1n) is 7.96. The minimum absolute atomic E-state index is 0.0743. The number of anilines is 1. The van der Waals surface area contributed by atoms with Crippen molar-refractivity contribution in [3.05, 3.63) is 22.7 Å². The van der Waals surface area contributed by atoms with Crippen molar-refractivity contribution in [2.75, 3.05) is 12.3 Å². The molecule has 0 amide bonds. The van der Waals surface area contributed by atoms with Gasteiger partial charge in [0.25, 0.3) is 0 Å². The third kappa shape index (κ3) is 9.86. The van der Waals surface area contributed by atoms with Crippen LogP contribution >= 0.6 is 23.5 Å². The summed E-state index contributed by atoms with van der Waals surface area (Å²) in [4.78, 5) is 50.4. The van der Waals surface area contributed by atoms with Crippen molar-refractivity contribution in [1.29, 1.82) is 0 Å². The molecule has 174 valence electrons. The van der Waals surface area contributed by atoms with Gasteiger partial charge in [0, 0.05) is 12.1 Å². The topological polar surface area (TPSA) is 241 Å². The second-order valence-corrected chi connectivity index (χ2v) is 10.3. The number of nitrogen functional groups attached to an aromatic ring is 1. The minimum Gasteiger partial charge on any atom is -0.383 e. The van der Waals surface area contributed by atoms with Crippen LogP contribution in [-0.4, -0.2) is 47.0 Å². The molecular formula is C11H21FN3O12P3. The van der Waals surface area contributed by atoms with Crippen molar-refractivity contribution < 1.29 is 55.9 Å².